The number of rotatable bonds is 5. The Morgan fingerprint density at radius 1 is 1.12 bits per heavy atom. The summed E-state index contributed by atoms with van der Waals surface area (Å²) in [4.78, 5) is 24.1. The Morgan fingerprint density at radius 3 is 2.28 bits per heavy atom. The minimum Gasteiger partial charge on any atom is -0.333 e. The van der Waals surface area contributed by atoms with Crippen LogP contribution in [0, 0.1) is 0 Å². The maximum Gasteiger partial charge on any atom is 0.321 e. The number of hydrogen-bond donors (Lipinski definition) is 3. The number of hydrogen-bond acceptors (Lipinski definition) is 3. The zero-order valence-electron chi connectivity index (χ0n) is 15.8. The molecular formula is C20H31N3O2. The number of urea groups is 1. The van der Waals surface area contributed by atoms with Gasteiger partial charge in [-0.2, -0.15) is 0 Å². The summed E-state index contributed by atoms with van der Waals surface area (Å²) in [5.74, 6) is -0.303. The van der Waals surface area contributed by atoms with E-state index in [0.717, 1.165) is 19.4 Å². The Morgan fingerprint density at radius 2 is 1.72 bits per heavy atom. The van der Waals surface area contributed by atoms with Gasteiger partial charge in [-0.1, -0.05) is 43.2 Å². The molecule has 0 saturated heterocycles. The Balaban J connectivity index is 1.92. The fraction of sp³-hybridized carbons (Fsp3) is 0.600. The van der Waals surface area contributed by atoms with Crippen molar-refractivity contribution in [2.75, 3.05) is 6.54 Å². The predicted molar refractivity (Wildman–Crippen MR) is 100 cm³/mol. The molecule has 1 aromatic carbocycles. The molecule has 25 heavy (non-hydrogen) atoms. The van der Waals surface area contributed by atoms with E-state index in [9.17, 15) is 9.59 Å². The molecule has 3 amide bonds. The maximum atomic E-state index is 12.3. The third kappa shape index (κ3) is 5.56. The number of carbonyl (C=O) groups is 2. The van der Waals surface area contributed by atoms with Crippen LogP contribution in [0.3, 0.4) is 0 Å². The highest BCUT2D eigenvalue weighted by molar-refractivity contribution is 5.97. The third-order valence-corrected chi connectivity index (χ3v) is 4.81. The van der Waals surface area contributed by atoms with Gasteiger partial charge in [0.1, 0.15) is 0 Å². The van der Waals surface area contributed by atoms with E-state index < -0.39 is 12.1 Å². The second-order valence-electron chi connectivity index (χ2n) is 8.15. The van der Waals surface area contributed by atoms with Crippen LogP contribution in [0.4, 0.5) is 4.79 Å². The molecule has 5 nitrogen and oxygen atoms in total. The van der Waals surface area contributed by atoms with Crippen LogP contribution in [-0.2, 0) is 10.2 Å². The first-order chi connectivity index (χ1) is 11.7. The number of carbonyl (C=O) groups excluding carboxylic acids is 2. The third-order valence-electron chi connectivity index (χ3n) is 4.81. The number of benzene rings is 1. The van der Waals surface area contributed by atoms with E-state index in [1.54, 1.807) is 6.92 Å². The van der Waals surface area contributed by atoms with Crippen molar-refractivity contribution < 1.29 is 9.59 Å². The van der Waals surface area contributed by atoms with Crippen LogP contribution >= 0.6 is 0 Å². The van der Waals surface area contributed by atoms with E-state index in [4.69, 9.17) is 0 Å². The second-order valence-corrected chi connectivity index (χ2v) is 8.15. The summed E-state index contributed by atoms with van der Waals surface area (Å²) >= 11 is 0. The summed E-state index contributed by atoms with van der Waals surface area (Å²) in [7, 11) is 0. The first kappa shape index (κ1) is 19.4. The first-order valence-electron chi connectivity index (χ1n) is 9.14. The van der Waals surface area contributed by atoms with Crippen molar-refractivity contribution in [1.29, 1.82) is 0 Å². The molecule has 0 aliphatic heterocycles. The molecule has 1 unspecified atom stereocenters. The lowest BCUT2D eigenvalue weighted by Gasteiger charge is -2.31. The molecule has 1 aliphatic rings. The van der Waals surface area contributed by atoms with Gasteiger partial charge in [-0.3, -0.25) is 10.1 Å². The molecule has 1 saturated carbocycles. The predicted octanol–water partition coefficient (Wildman–Crippen LogP) is 3.10. The van der Waals surface area contributed by atoms with Crippen molar-refractivity contribution in [3.8, 4) is 0 Å². The summed E-state index contributed by atoms with van der Waals surface area (Å²) in [6.45, 7) is 8.17. The van der Waals surface area contributed by atoms with Gasteiger partial charge in [0.05, 0.1) is 6.04 Å². The fourth-order valence-electron chi connectivity index (χ4n) is 3.44. The zero-order chi connectivity index (χ0) is 18.5. The van der Waals surface area contributed by atoms with Gasteiger partial charge < -0.3 is 10.6 Å². The minimum atomic E-state index is -0.454. The molecule has 0 heterocycles. The Labute approximate surface area is 151 Å². The monoisotopic (exact) mass is 345 g/mol. The van der Waals surface area contributed by atoms with Crippen LogP contribution in [0.1, 0.15) is 58.9 Å². The molecule has 0 aromatic heterocycles. The lowest BCUT2D eigenvalue weighted by Crippen LogP contribution is -2.53. The van der Waals surface area contributed by atoms with Gasteiger partial charge in [-0.05, 0) is 46.1 Å². The van der Waals surface area contributed by atoms with Gasteiger partial charge in [-0.25, -0.2) is 4.79 Å². The van der Waals surface area contributed by atoms with Crippen molar-refractivity contribution >= 4 is 11.9 Å². The summed E-state index contributed by atoms with van der Waals surface area (Å²) in [5.41, 5.74) is 1.05. The number of imide groups is 1. The Hall–Kier alpha value is -1.88. The fourth-order valence-corrected chi connectivity index (χ4v) is 3.44. The standard InChI is InChI=1S/C20H31N3O2/c1-15(17(24)22-18(25)23-19(2,3)4)21-14-20(12-8-9-13-20)16-10-6-5-7-11-16/h5-7,10-11,15,21H,8-9,12-14H2,1-4H3,(H2,22,23,24,25). The van der Waals surface area contributed by atoms with E-state index >= 15 is 0 Å². The van der Waals surface area contributed by atoms with E-state index in [0.29, 0.717) is 0 Å². The van der Waals surface area contributed by atoms with Crippen LogP contribution in [0.5, 0.6) is 0 Å². The molecule has 1 fully saturated rings. The Bertz CT molecular complexity index is 587. The van der Waals surface area contributed by atoms with Crippen molar-refractivity contribution in [3.63, 3.8) is 0 Å². The largest absolute Gasteiger partial charge is 0.333 e. The highest BCUT2D eigenvalue weighted by atomic mass is 16.2. The van der Waals surface area contributed by atoms with Crippen LogP contribution in [0.2, 0.25) is 0 Å². The number of nitrogens with one attached hydrogen (secondary N) is 3. The average molecular weight is 345 g/mol. The zero-order valence-corrected chi connectivity index (χ0v) is 15.8. The summed E-state index contributed by atoms with van der Waals surface area (Å²) in [5, 5.41) is 8.49. The van der Waals surface area contributed by atoms with E-state index in [-0.39, 0.29) is 16.9 Å². The van der Waals surface area contributed by atoms with Gasteiger partial charge in [0, 0.05) is 17.5 Å². The highest BCUT2D eigenvalue weighted by Crippen LogP contribution is 2.40. The average Bonchev–Trinajstić information content (AvgIpc) is 3.01. The topological polar surface area (TPSA) is 70.2 Å². The van der Waals surface area contributed by atoms with Gasteiger partial charge in [0.15, 0.2) is 0 Å². The van der Waals surface area contributed by atoms with Crippen molar-refractivity contribution in [3.05, 3.63) is 35.9 Å². The molecule has 5 heteroatoms. The molecular weight excluding hydrogens is 314 g/mol. The first-order valence-corrected chi connectivity index (χ1v) is 9.14. The molecule has 1 aliphatic carbocycles. The van der Waals surface area contributed by atoms with Crippen LogP contribution in [0.25, 0.3) is 0 Å². The second kappa shape index (κ2) is 8.00. The van der Waals surface area contributed by atoms with Crippen LogP contribution in [0.15, 0.2) is 30.3 Å². The van der Waals surface area contributed by atoms with E-state index in [2.05, 4.69) is 40.2 Å². The van der Waals surface area contributed by atoms with E-state index in [1.807, 2.05) is 26.8 Å². The van der Waals surface area contributed by atoms with Crippen molar-refractivity contribution in [2.45, 2.75) is 70.4 Å². The molecule has 138 valence electrons. The quantitative estimate of drug-likeness (QED) is 0.768. The summed E-state index contributed by atoms with van der Waals surface area (Å²) in [6, 6.07) is 9.65. The van der Waals surface area contributed by atoms with Crippen molar-refractivity contribution in [2.24, 2.45) is 0 Å². The van der Waals surface area contributed by atoms with Crippen molar-refractivity contribution in [1.82, 2.24) is 16.0 Å². The minimum absolute atomic E-state index is 0.0868. The molecule has 0 bridgehead atoms. The molecule has 0 spiro atoms. The summed E-state index contributed by atoms with van der Waals surface area (Å²) in [6.07, 6.45) is 4.68. The lowest BCUT2D eigenvalue weighted by molar-refractivity contribution is -0.121. The molecule has 2 rings (SSSR count). The Kier molecular flexibility index (Phi) is 6.22. The van der Waals surface area contributed by atoms with Gasteiger partial charge >= 0.3 is 6.03 Å². The smallest absolute Gasteiger partial charge is 0.321 e. The molecule has 1 atom stereocenters. The van der Waals surface area contributed by atoms with Crippen LogP contribution < -0.4 is 16.0 Å². The molecule has 3 N–H and O–H groups in total. The lowest BCUT2D eigenvalue weighted by atomic mass is 9.78. The van der Waals surface area contributed by atoms with Gasteiger partial charge in [0.2, 0.25) is 5.91 Å². The molecule has 1 aromatic rings. The van der Waals surface area contributed by atoms with Crippen LogP contribution in [-0.4, -0.2) is 30.1 Å². The van der Waals surface area contributed by atoms with Gasteiger partial charge in [0.25, 0.3) is 0 Å². The normalized spacial score (nSPS) is 17.8. The number of amides is 3. The SMILES string of the molecule is CC(NCC1(c2ccccc2)CCCC1)C(=O)NC(=O)NC(C)(C)C. The van der Waals surface area contributed by atoms with Gasteiger partial charge in [-0.15, -0.1) is 0 Å². The highest BCUT2D eigenvalue weighted by Gasteiger charge is 2.36. The maximum absolute atomic E-state index is 12.3. The van der Waals surface area contributed by atoms with E-state index in [1.165, 1.54) is 18.4 Å². The summed E-state index contributed by atoms with van der Waals surface area (Å²) < 4.78 is 0. The molecule has 0 radical (unpaired) electrons.